The molecule has 0 saturated carbocycles. The molecule has 0 aromatic heterocycles. The summed E-state index contributed by atoms with van der Waals surface area (Å²) in [6, 6.07) is 20.0. The summed E-state index contributed by atoms with van der Waals surface area (Å²) in [5.41, 5.74) is 1.60. The predicted octanol–water partition coefficient (Wildman–Crippen LogP) is 4.97. The van der Waals surface area contributed by atoms with Gasteiger partial charge in [0.2, 0.25) is 11.8 Å². The Hall–Kier alpha value is -4.05. The number of hydrogen-bond donors (Lipinski definition) is 1. The van der Waals surface area contributed by atoms with E-state index in [-0.39, 0.29) is 23.0 Å². The maximum atomic E-state index is 14.2. The molecule has 43 heavy (non-hydrogen) atoms. The average molecular weight is 610 g/mol. The van der Waals surface area contributed by atoms with E-state index in [1.165, 1.54) is 37.3 Å². The monoisotopic (exact) mass is 609 g/mol. The van der Waals surface area contributed by atoms with Gasteiger partial charge in [-0.1, -0.05) is 55.0 Å². The molecule has 0 spiro atoms. The topological polar surface area (TPSA) is 105 Å². The van der Waals surface area contributed by atoms with Crippen molar-refractivity contribution < 1.29 is 27.5 Å². The van der Waals surface area contributed by atoms with Crippen LogP contribution in [0.1, 0.15) is 45.2 Å². The number of rotatable bonds is 13. The Morgan fingerprint density at radius 3 is 2.09 bits per heavy atom. The lowest BCUT2D eigenvalue weighted by molar-refractivity contribution is -0.140. The van der Waals surface area contributed by atoms with E-state index in [4.69, 9.17) is 9.47 Å². The standard InChI is InChI=1S/C33H43N3O6S/c1-8-28(32(38)34-33(3,4)5)35(21-20-25-12-10-9-11-13-25)31(37)23-36(26-16-19-29(41-6)30(22-26)42-7)43(39,40)27-17-14-24(2)15-18-27/h9-19,22,28H,8,20-21,23H2,1-7H3,(H,34,38)/t28-/m0/s1. The first-order valence-electron chi connectivity index (χ1n) is 14.3. The molecule has 1 atom stereocenters. The van der Waals surface area contributed by atoms with Gasteiger partial charge in [-0.2, -0.15) is 0 Å². The van der Waals surface area contributed by atoms with E-state index in [1.54, 1.807) is 24.3 Å². The molecule has 3 aromatic rings. The summed E-state index contributed by atoms with van der Waals surface area (Å²) >= 11 is 0. The lowest BCUT2D eigenvalue weighted by atomic mass is 10.1. The minimum absolute atomic E-state index is 0.0361. The Bertz CT molecular complexity index is 1490. The van der Waals surface area contributed by atoms with Gasteiger partial charge in [-0.3, -0.25) is 13.9 Å². The molecule has 0 aliphatic rings. The third-order valence-corrected chi connectivity index (χ3v) is 8.70. The Morgan fingerprint density at radius 1 is 0.907 bits per heavy atom. The maximum absolute atomic E-state index is 14.2. The summed E-state index contributed by atoms with van der Waals surface area (Å²) < 4.78 is 40.0. The molecule has 1 N–H and O–H groups in total. The molecule has 9 nitrogen and oxygen atoms in total. The van der Waals surface area contributed by atoms with Crippen LogP contribution in [-0.2, 0) is 26.0 Å². The number of carbonyl (C=O) groups excluding carboxylic acids is 2. The van der Waals surface area contributed by atoms with Crippen molar-refractivity contribution in [3.05, 3.63) is 83.9 Å². The summed E-state index contributed by atoms with van der Waals surface area (Å²) in [6.07, 6.45) is 0.844. The lowest BCUT2D eigenvalue weighted by Gasteiger charge is -2.35. The van der Waals surface area contributed by atoms with Crippen molar-refractivity contribution >= 4 is 27.5 Å². The van der Waals surface area contributed by atoms with Crippen molar-refractivity contribution in [1.29, 1.82) is 0 Å². The number of sulfonamides is 1. The van der Waals surface area contributed by atoms with Gasteiger partial charge in [0, 0.05) is 18.2 Å². The maximum Gasteiger partial charge on any atom is 0.264 e. The van der Waals surface area contributed by atoms with Crippen LogP contribution in [-0.4, -0.2) is 64.0 Å². The molecule has 0 aliphatic heterocycles. The van der Waals surface area contributed by atoms with Crippen LogP contribution in [0.2, 0.25) is 0 Å². The largest absolute Gasteiger partial charge is 0.493 e. The summed E-state index contributed by atoms with van der Waals surface area (Å²) in [4.78, 5) is 29.2. The average Bonchev–Trinajstić information content (AvgIpc) is 2.97. The molecule has 3 aromatic carbocycles. The molecular weight excluding hydrogens is 566 g/mol. The quantitative estimate of drug-likeness (QED) is 0.293. The van der Waals surface area contributed by atoms with Crippen LogP contribution in [0.3, 0.4) is 0 Å². The second kappa shape index (κ2) is 14.4. The van der Waals surface area contributed by atoms with Crippen molar-refractivity contribution in [2.75, 3.05) is 31.6 Å². The Balaban J connectivity index is 2.08. The second-order valence-corrected chi connectivity index (χ2v) is 13.2. The van der Waals surface area contributed by atoms with Crippen LogP contribution in [0, 0.1) is 6.92 Å². The molecule has 0 aliphatic carbocycles. The van der Waals surface area contributed by atoms with Gasteiger partial charge in [-0.15, -0.1) is 0 Å². The normalized spacial score (nSPS) is 12.3. The zero-order valence-electron chi connectivity index (χ0n) is 26.1. The molecule has 10 heteroatoms. The van der Waals surface area contributed by atoms with Crippen LogP contribution >= 0.6 is 0 Å². The first-order chi connectivity index (χ1) is 20.3. The van der Waals surface area contributed by atoms with Crippen molar-refractivity contribution in [2.24, 2.45) is 0 Å². The molecule has 0 unspecified atom stereocenters. The van der Waals surface area contributed by atoms with Gasteiger partial charge in [0.15, 0.2) is 11.5 Å². The number of carbonyl (C=O) groups is 2. The molecule has 0 radical (unpaired) electrons. The van der Waals surface area contributed by atoms with E-state index in [2.05, 4.69) is 5.32 Å². The highest BCUT2D eigenvalue weighted by atomic mass is 32.2. The highest BCUT2D eigenvalue weighted by Crippen LogP contribution is 2.34. The number of amides is 2. The second-order valence-electron chi connectivity index (χ2n) is 11.4. The van der Waals surface area contributed by atoms with Crippen LogP contribution < -0.4 is 19.1 Å². The fourth-order valence-corrected chi connectivity index (χ4v) is 6.10. The minimum Gasteiger partial charge on any atom is -0.493 e. The highest BCUT2D eigenvalue weighted by Gasteiger charge is 2.34. The lowest BCUT2D eigenvalue weighted by Crippen LogP contribution is -2.56. The number of methoxy groups -OCH3 is 2. The number of hydrogen-bond acceptors (Lipinski definition) is 6. The SMILES string of the molecule is CC[C@@H](C(=O)NC(C)(C)C)N(CCc1ccccc1)C(=O)CN(c1ccc(OC)c(OC)c1)S(=O)(=O)c1ccc(C)cc1. The highest BCUT2D eigenvalue weighted by molar-refractivity contribution is 7.92. The molecule has 0 fully saturated rings. The fourth-order valence-electron chi connectivity index (χ4n) is 4.70. The zero-order chi connectivity index (χ0) is 31.8. The third-order valence-electron chi connectivity index (χ3n) is 6.91. The van der Waals surface area contributed by atoms with Gasteiger partial charge >= 0.3 is 0 Å². The van der Waals surface area contributed by atoms with Crippen molar-refractivity contribution in [1.82, 2.24) is 10.2 Å². The van der Waals surface area contributed by atoms with Gasteiger partial charge in [0.25, 0.3) is 10.0 Å². The number of benzene rings is 3. The number of nitrogens with one attached hydrogen (secondary N) is 1. The molecule has 0 bridgehead atoms. The first-order valence-corrected chi connectivity index (χ1v) is 15.7. The Labute approximate surface area is 255 Å². The molecule has 0 heterocycles. The number of ether oxygens (including phenoxy) is 2. The van der Waals surface area contributed by atoms with E-state index in [0.29, 0.717) is 24.3 Å². The number of nitrogens with zero attached hydrogens (tertiary/aromatic N) is 2. The smallest absolute Gasteiger partial charge is 0.264 e. The van der Waals surface area contributed by atoms with Gasteiger partial charge in [0.1, 0.15) is 12.6 Å². The fraction of sp³-hybridized carbons (Fsp3) is 0.394. The minimum atomic E-state index is -4.20. The van der Waals surface area contributed by atoms with Gasteiger partial charge < -0.3 is 19.7 Å². The third kappa shape index (κ3) is 8.73. The first kappa shape index (κ1) is 33.5. The molecule has 2 amide bonds. The van der Waals surface area contributed by atoms with Crippen LogP contribution in [0.4, 0.5) is 5.69 Å². The summed E-state index contributed by atoms with van der Waals surface area (Å²) in [7, 11) is -1.26. The summed E-state index contributed by atoms with van der Waals surface area (Å²) in [5, 5.41) is 2.98. The summed E-state index contributed by atoms with van der Waals surface area (Å²) in [6.45, 7) is 9.03. The van der Waals surface area contributed by atoms with Crippen LogP contribution in [0.25, 0.3) is 0 Å². The van der Waals surface area contributed by atoms with E-state index in [0.717, 1.165) is 15.4 Å². The molecule has 232 valence electrons. The molecule has 0 saturated heterocycles. The van der Waals surface area contributed by atoms with Crippen molar-refractivity contribution in [3.8, 4) is 11.5 Å². The van der Waals surface area contributed by atoms with Crippen LogP contribution in [0.15, 0.2) is 77.7 Å². The van der Waals surface area contributed by atoms with Gasteiger partial charge in [-0.05, 0) is 70.4 Å². The Kier molecular flexibility index (Phi) is 11.2. The van der Waals surface area contributed by atoms with E-state index < -0.39 is 34.1 Å². The van der Waals surface area contributed by atoms with Gasteiger partial charge in [0.05, 0.1) is 24.8 Å². The van der Waals surface area contributed by atoms with Crippen LogP contribution in [0.5, 0.6) is 11.5 Å². The van der Waals surface area contributed by atoms with Gasteiger partial charge in [-0.25, -0.2) is 8.42 Å². The zero-order valence-corrected chi connectivity index (χ0v) is 26.9. The van der Waals surface area contributed by atoms with E-state index in [1.807, 2.05) is 65.0 Å². The number of aryl methyl sites for hydroxylation is 1. The number of anilines is 1. The predicted molar refractivity (Wildman–Crippen MR) is 169 cm³/mol. The van der Waals surface area contributed by atoms with Crippen molar-refractivity contribution in [3.63, 3.8) is 0 Å². The summed E-state index contributed by atoms with van der Waals surface area (Å²) in [5.74, 6) is -0.0686. The van der Waals surface area contributed by atoms with Crippen molar-refractivity contribution in [2.45, 2.75) is 63.9 Å². The van der Waals surface area contributed by atoms with E-state index >= 15 is 0 Å². The molecule has 3 rings (SSSR count). The van der Waals surface area contributed by atoms with E-state index in [9.17, 15) is 18.0 Å². The molecular formula is C33H43N3O6S. The Morgan fingerprint density at radius 2 is 1.53 bits per heavy atom.